The minimum atomic E-state index is -0.522. The Morgan fingerprint density at radius 3 is 2.88 bits per heavy atom. The van der Waals surface area contributed by atoms with Crippen LogP contribution < -0.4 is 11.1 Å². The Bertz CT molecular complexity index is 399. The summed E-state index contributed by atoms with van der Waals surface area (Å²) in [6, 6.07) is 1.26. The number of nitro groups is 1. The number of carbonyl (C=O) groups is 1. The van der Waals surface area contributed by atoms with Crippen LogP contribution in [0.2, 0.25) is 0 Å². The van der Waals surface area contributed by atoms with Crippen LogP contribution >= 0.6 is 0 Å². The van der Waals surface area contributed by atoms with Gasteiger partial charge in [0.05, 0.1) is 11.1 Å². The van der Waals surface area contributed by atoms with Crippen LogP contribution in [0.3, 0.4) is 0 Å². The molecule has 0 unspecified atom stereocenters. The number of carbonyl (C=O) groups excluding carboxylic acids is 1. The minimum Gasteiger partial charge on any atom is -0.349 e. The Morgan fingerprint density at radius 2 is 2.38 bits per heavy atom. The zero-order chi connectivity index (χ0) is 12.1. The first-order valence-corrected chi connectivity index (χ1v) is 4.93. The third kappa shape index (κ3) is 2.57. The monoisotopic (exact) mass is 226 g/mol. The van der Waals surface area contributed by atoms with Crippen molar-refractivity contribution in [3.8, 4) is 0 Å². The highest BCUT2D eigenvalue weighted by Gasteiger charge is 2.17. The van der Waals surface area contributed by atoms with Gasteiger partial charge in [0.15, 0.2) is 0 Å². The lowest BCUT2D eigenvalue weighted by atomic mass is 10.3. The molecule has 0 fully saturated rings. The van der Waals surface area contributed by atoms with E-state index in [2.05, 4.69) is 5.32 Å². The number of hydrogen-bond donors (Lipinski definition) is 2. The predicted octanol–water partition coefficient (Wildman–Crippen LogP) is 0.105. The summed E-state index contributed by atoms with van der Waals surface area (Å²) in [5.41, 5.74) is 5.45. The Labute approximate surface area is 92.4 Å². The maximum atomic E-state index is 11.6. The van der Waals surface area contributed by atoms with E-state index in [-0.39, 0.29) is 17.3 Å². The molecule has 0 aliphatic rings. The fourth-order valence-electron chi connectivity index (χ4n) is 1.32. The number of hydrogen-bond acceptors (Lipinski definition) is 4. The van der Waals surface area contributed by atoms with Gasteiger partial charge in [-0.1, -0.05) is 0 Å². The molecule has 0 spiro atoms. The summed E-state index contributed by atoms with van der Waals surface area (Å²) >= 11 is 0. The predicted molar refractivity (Wildman–Crippen MR) is 58.1 cm³/mol. The van der Waals surface area contributed by atoms with Crippen molar-refractivity contribution in [2.75, 3.05) is 13.1 Å². The highest BCUT2D eigenvalue weighted by Crippen LogP contribution is 2.16. The smallest absolute Gasteiger partial charge is 0.287 e. The molecule has 0 aromatic carbocycles. The summed E-state index contributed by atoms with van der Waals surface area (Å²) < 4.78 is 1.53. The molecular weight excluding hydrogens is 212 g/mol. The first kappa shape index (κ1) is 12.2. The number of aromatic nitrogens is 1. The summed E-state index contributed by atoms with van der Waals surface area (Å²) in [7, 11) is 0. The highest BCUT2D eigenvalue weighted by atomic mass is 16.6. The first-order valence-electron chi connectivity index (χ1n) is 4.93. The number of amides is 1. The number of nitrogens with zero attached hydrogens (tertiary/aromatic N) is 2. The van der Waals surface area contributed by atoms with Gasteiger partial charge < -0.3 is 15.6 Å². The fourth-order valence-corrected chi connectivity index (χ4v) is 1.32. The number of rotatable bonds is 5. The maximum Gasteiger partial charge on any atom is 0.287 e. The van der Waals surface area contributed by atoms with E-state index in [1.807, 2.05) is 6.92 Å². The Morgan fingerprint density at radius 1 is 1.69 bits per heavy atom. The van der Waals surface area contributed by atoms with Crippen molar-refractivity contribution in [3.05, 3.63) is 28.1 Å². The normalized spacial score (nSPS) is 10.1. The maximum absolute atomic E-state index is 11.6. The van der Waals surface area contributed by atoms with Crippen LogP contribution in [0.25, 0.3) is 0 Å². The van der Waals surface area contributed by atoms with Crippen molar-refractivity contribution in [1.29, 1.82) is 0 Å². The quantitative estimate of drug-likeness (QED) is 0.549. The second-order valence-corrected chi connectivity index (χ2v) is 3.17. The van der Waals surface area contributed by atoms with Crippen molar-refractivity contribution in [2.24, 2.45) is 5.73 Å². The molecule has 0 aliphatic heterocycles. The second-order valence-electron chi connectivity index (χ2n) is 3.17. The third-order valence-electron chi connectivity index (χ3n) is 2.10. The summed E-state index contributed by atoms with van der Waals surface area (Å²) in [5, 5.41) is 13.1. The topological polar surface area (TPSA) is 103 Å². The SMILES string of the molecule is CCn1cc([N+](=O)[O-])cc1C(=O)NCCN. The molecule has 1 aromatic rings. The molecule has 7 nitrogen and oxygen atoms in total. The van der Waals surface area contributed by atoms with Gasteiger partial charge in [-0.15, -0.1) is 0 Å². The van der Waals surface area contributed by atoms with E-state index in [0.29, 0.717) is 19.6 Å². The summed E-state index contributed by atoms with van der Waals surface area (Å²) in [6.07, 6.45) is 1.34. The van der Waals surface area contributed by atoms with Gasteiger partial charge in [-0.05, 0) is 6.92 Å². The minimum absolute atomic E-state index is 0.0836. The van der Waals surface area contributed by atoms with Gasteiger partial charge >= 0.3 is 0 Å². The lowest BCUT2D eigenvalue weighted by Crippen LogP contribution is -2.30. The van der Waals surface area contributed by atoms with Crippen LogP contribution in [-0.2, 0) is 6.54 Å². The van der Waals surface area contributed by atoms with E-state index < -0.39 is 4.92 Å². The lowest BCUT2D eigenvalue weighted by Gasteiger charge is -2.05. The van der Waals surface area contributed by atoms with Gasteiger partial charge in [-0.25, -0.2) is 0 Å². The van der Waals surface area contributed by atoms with Gasteiger partial charge in [-0.3, -0.25) is 14.9 Å². The lowest BCUT2D eigenvalue weighted by molar-refractivity contribution is -0.384. The third-order valence-corrected chi connectivity index (χ3v) is 2.10. The van der Waals surface area contributed by atoms with E-state index in [4.69, 9.17) is 5.73 Å². The Balaban J connectivity index is 2.93. The zero-order valence-corrected chi connectivity index (χ0v) is 8.97. The average Bonchev–Trinajstić information content (AvgIpc) is 2.69. The van der Waals surface area contributed by atoms with Crippen LogP contribution in [0.15, 0.2) is 12.3 Å². The summed E-state index contributed by atoms with van der Waals surface area (Å²) in [4.78, 5) is 21.6. The van der Waals surface area contributed by atoms with Crippen LogP contribution in [0.5, 0.6) is 0 Å². The molecule has 0 saturated heterocycles. The van der Waals surface area contributed by atoms with Crippen molar-refractivity contribution < 1.29 is 9.72 Å². The van der Waals surface area contributed by atoms with Crippen molar-refractivity contribution in [3.63, 3.8) is 0 Å². The summed E-state index contributed by atoms with van der Waals surface area (Å²) in [6.45, 7) is 2.99. The molecule has 0 saturated carbocycles. The highest BCUT2D eigenvalue weighted by molar-refractivity contribution is 5.93. The van der Waals surface area contributed by atoms with E-state index >= 15 is 0 Å². The standard InChI is InChI=1S/C9H14N4O3/c1-2-12-6-7(13(15)16)5-8(12)9(14)11-4-3-10/h5-6H,2-4,10H2,1H3,(H,11,14). The first-order chi connectivity index (χ1) is 7.60. The molecule has 1 aromatic heterocycles. The molecule has 16 heavy (non-hydrogen) atoms. The Kier molecular flexibility index (Phi) is 4.01. The molecule has 1 heterocycles. The fraction of sp³-hybridized carbons (Fsp3) is 0.444. The van der Waals surface area contributed by atoms with Crippen molar-refractivity contribution in [1.82, 2.24) is 9.88 Å². The Hall–Kier alpha value is -1.89. The molecule has 3 N–H and O–H groups in total. The van der Waals surface area contributed by atoms with Gasteiger partial charge in [0, 0.05) is 25.7 Å². The summed E-state index contributed by atoms with van der Waals surface area (Å²) in [5.74, 6) is -0.347. The van der Waals surface area contributed by atoms with Crippen LogP contribution in [0.1, 0.15) is 17.4 Å². The van der Waals surface area contributed by atoms with Crippen LogP contribution in [0, 0.1) is 10.1 Å². The van der Waals surface area contributed by atoms with E-state index in [1.165, 1.54) is 16.8 Å². The van der Waals surface area contributed by atoms with E-state index in [1.54, 1.807) is 0 Å². The van der Waals surface area contributed by atoms with E-state index in [9.17, 15) is 14.9 Å². The van der Waals surface area contributed by atoms with Gasteiger partial charge in [-0.2, -0.15) is 0 Å². The van der Waals surface area contributed by atoms with Gasteiger partial charge in [0.25, 0.3) is 11.6 Å². The number of nitrogens with one attached hydrogen (secondary N) is 1. The van der Waals surface area contributed by atoms with Crippen molar-refractivity contribution >= 4 is 11.6 Å². The van der Waals surface area contributed by atoms with Gasteiger partial charge in [0.1, 0.15) is 5.69 Å². The molecule has 1 amide bonds. The molecule has 0 atom stereocenters. The molecule has 88 valence electrons. The molecule has 0 aliphatic carbocycles. The second kappa shape index (κ2) is 5.26. The largest absolute Gasteiger partial charge is 0.349 e. The average molecular weight is 226 g/mol. The van der Waals surface area contributed by atoms with Gasteiger partial charge in [0.2, 0.25) is 0 Å². The molecule has 0 radical (unpaired) electrons. The zero-order valence-electron chi connectivity index (χ0n) is 8.97. The van der Waals surface area contributed by atoms with Crippen LogP contribution in [0.4, 0.5) is 5.69 Å². The van der Waals surface area contributed by atoms with E-state index in [0.717, 1.165) is 0 Å². The number of aryl methyl sites for hydroxylation is 1. The van der Waals surface area contributed by atoms with Crippen molar-refractivity contribution in [2.45, 2.75) is 13.5 Å². The number of nitrogens with two attached hydrogens (primary N) is 1. The van der Waals surface area contributed by atoms with Crippen LogP contribution in [-0.4, -0.2) is 28.5 Å². The molecule has 7 heteroatoms. The molecule has 0 bridgehead atoms. The molecule has 1 rings (SSSR count). The molecular formula is C9H14N4O3.